The number of benzene rings is 2. The maximum Gasteiger partial charge on any atom is 0.358 e. The number of hydrogen-bond acceptors (Lipinski definition) is 2. The van der Waals surface area contributed by atoms with Gasteiger partial charge in [-0.1, -0.05) is 42.5 Å². The number of rotatable bonds is 4. The lowest BCUT2D eigenvalue weighted by molar-refractivity contribution is 0.361. The smallest absolute Gasteiger partial charge is 0.358 e. The third-order valence-electron chi connectivity index (χ3n) is 2.58. The van der Waals surface area contributed by atoms with Crippen molar-refractivity contribution in [1.29, 1.82) is 0 Å². The molecule has 0 amide bonds. The average Bonchev–Trinajstić information content (AvgIpc) is 2.40. The Morgan fingerprint density at radius 2 is 1.53 bits per heavy atom. The highest BCUT2D eigenvalue weighted by molar-refractivity contribution is 6.78. The molecule has 17 heavy (non-hydrogen) atoms. The first-order valence-corrected chi connectivity index (χ1v) is 5.56. The minimum absolute atomic E-state index is 0.403. The molecule has 2 aromatic carbocycles. The van der Waals surface area contributed by atoms with E-state index in [4.69, 9.17) is 4.74 Å². The Bertz CT molecular complexity index is 453. The molecule has 0 fully saturated rings. The molecular formula is C14H14BO2. The Hall–Kier alpha value is -1.74. The van der Waals surface area contributed by atoms with E-state index in [1.54, 1.807) is 0 Å². The fourth-order valence-corrected chi connectivity index (χ4v) is 1.69. The van der Waals surface area contributed by atoms with Crippen molar-refractivity contribution in [3.8, 4) is 5.75 Å². The second kappa shape index (κ2) is 5.55. The van der Waals surface area contributed by atoms with Crippen LogP contribution in [0.5, 0.6) is 5.75 Å². The third-order valence-corrected chi connectivity index (χ3v) is 2.58. The molecule has 0 heterocycles. The van der Waals surface area contributed by atoms with Crippen molar-refractivity contribution in [2.45, 2.75) is 0 Å². The van der Waals surface area contributed by atoms with Gasteiger partial charge < -0.3 is 9.76 Å². The Kier molecular flexibility index (Phi) is 3.83. The topological polar surface area (TPSA) is 29.5 Å². The molecule has 85 valence electrons. The molecule has 2 nitrogen and oxygen atoms in total. The second-order valence-corrected chi connectivity index (χ2v) is 3.73. The molecule has 0 saturated carbocycles. The van der Waals surface area contributed by atoms with E-state index in [1.807, 2.05) is 54.6 Å². The van der Waals surface area contributed by atoms with Gasteiger partial charge in [-0.05, 0) is 30.0 Å². The zero-order valence-electron chi connectivity index (χ0n) is 9.54. The monoisotopic (exact) mass is 225 g/mol. The summed E-state index contributed by atoms with van der Waals surface area (Å²) in [6.07, 6.45) is 0. The average molecular weight is 225 g/mol. The van der Waals surface area contributed by atoms with E-state index in [0.717, 1.165) is 16.7 Å². The van der Waals surface area contributed by atoms with Crippen LogP contribution < -0.4 is 15.7 Å². The van der Waals surface area contributed by atoms with Crippen molar-refractivity contribution >= 4 is 17.8 Å². The van der Waals surface area contributed by atoms with Crippen molar-refractivity contribution in [3.63, 3.8) is 0 Å². The maximum absolute atomic E-state index is 10.2. The van der Waals surface area contributed by atoms with Gasteiger partial charge in [0.1, 0.15) is 5.75 Å². The quantitative estimate of drug-likeness (QED) is 0.786. The second-order valence-electron chi connectivity index (χ2n) is 3.73. The Morgan fingerprint density at radius 1 is 0.941 bits per heavy atom. The Morgan fingerprint density at radius 3 is 2.12 bits per heavy atom. The van der Waals surface area contributed by atoms with E-state index in [1.165, 1.54) is 0 Å². The van der Waals surface area contributed by atoms with Crippen molar-refractivity contribution in [2.24, 2.45) is 0 Å². The molecule has 3 heteroatoms. The van der Waals surface area contributed by atoms with Crippen LogP contribution in [0.15, 0.2) is 54.6 Å². The predicted molar refractivity (Wildman–Crippen MR) is 71.0 cm³/mol. The van der Waals surface area contributed by atoms with E-state index < -0.39 is 6.92 Å². The van der Waals surface area contributed by atoms with Gasteiger partial charge in [0.15, 0.2) is 0 Å². The van der Waals surface area contributed by atoms with Crippen molar-refractivity contribution in [2.75, 3.05) is 6.61 Å². The van der Waals surface area contributed by atoms with Gasteiger partial charge >= 0.3 is 6.92 Å². The molecule has 0 unspecified atom stereocenters. The van der Waals surface area contributed by atoms with E-state index in [-0.39, 0.29) is 0 Å². The standard InChI is InChI=1S/C14H14BO2/c1-2-17-14-10-8-13(9-11-14)15(16)12-6-4-3-5-7-12/h3-11,16H,1-2H2. The van der Waals surface area contributed by atoms with Crippen molar-refractivity contribution < 1.29 is 9.76 Å². The summed E-state index contributed by atoms with van der Waals surface area (Å²) in [5.41, 5.74) is 1.74. The summed E-state index contributed by atoms with van der Waals surface area (Å²) in [6, 6.07) is 17.0. The zero-order valence-corrected chi connectivity index (χ0v) is 9.54. The molecule has 0 aliphatic carbocycles. The fourth-order valence-electron chi connectivity index (χ4n) is 1.69. The highest BCUT2D eigenvalue weighted by Crippen LogP contribution is 2.07. The molecule has 0 spiro atoms. The SMILES string of the molecule is [CH2]COc1ccc(B(O)c2ccccc2)cc1. The summed E-state index contributed by atoms with van der Waals surface area (Å²) in [7, 11) is 0. The van der Waals surface area contributed by atoms with Crippen LogP contribution in [-0.4, -0.2) is 18.5 Å². The van der Waals surface area contributed by atoms with Gasteiger partial charge in [0.25, 0.3) is 0 Å². The first-order valence-electron chi connectivity index (χ1n) is 5.56. The highest BCUT2D eigenvalue weighted by Gasteiger charge is 2.15. The third kappa shape index (κ3) is 2.89. The van der Waals surface area contributed by atoms with Gasteiger partial charge in [-0.15, -0.1) is 0 Å². The van der Waals surface area contributed by atoms with Crippen LogP contribution in [0.2, 0.25) is 0 Å². The lowest BCUT2D eigenvalue weighted by Gasteiger charge is -2.08. The molecule has 0 atom stereocenters. The van der Waals surface area contributed by atoms with Gasteiger partial charge in [0.2, 0.25) is 0 Å². The minimum atomic E-state index is -0.593. The molecule has 0 aromatic heterocycles. The van der Waals surface area contributed by atoms with Crippen molar-refractivity contribution in [3.05, 3.63) is 61.5 Å². The summed E-state index contributed by atoms with van der Waals surface area (Å²) in [6.45, 7) is 3.43. The van der Waals surface area contributed by atoms with E-state index >= 15 is 0 Å². The molecule has 2 aromatic rings. The summed E-state index contributed by atoms with van der Waals surface area (Å²) < 4.78 is 5.25. The summed E-state index contributed by atoms with van der Waals surface area (Å²) in [5.74, 6) is 0.768. The van der Waals surface area contributed by atoms with Crippen LogP contribution in [0.25, 0.3) is 0 Å². The Labute approximate surface area is 102 Å². The molecule has 2 rings (SSSR count). The van der Waals surface area contributed by atoms with Crippen LogP contribution in [0, 0.1) is 6.92 Å². The predicted octanol–water partition coefficient (Wildman–Crippen LogP) is 0.997. The summed E-state index contributed by atoms with van der Waals surface area (Å²) in [4.78, 5) is 0. The first-order chi connectivity index (χ1) is 8.31. The number of hydrogen-bond donors (Lipinski definition) is 1. The lowest BCUT2D eigenvalue weighted by Crippen LogP contribution is -2.41. The van der Waals surface area contributed by atoms with E-state index in [9.17, 15) is 5.02 Å². The van der Waals surface area contributed by atoms with Gasteiger partial charge in [-0.3, -0.25) is 0 Å². The molecule has 0 bridgehead atoms. The first kappa shape index (κ1) is 11.7. The minimum Gasteiger partial charge on any atom is -0.494 e. The lowest BCUT2D eigenvalue weighted by atomic mass is 9.56. The fraction of sp³-hybridized carbons (Fsp3) is 0.0714. The normalized spacial score (nSPS) is 10.0. The van der Waals surface area contributed by atoms with Crippen LogP contribution in [-0.2, 0) is 0 Å². The van der Waals surface area contributed by atoms with Gasteiger partial charge in [0.05, 0.1) is 6.61 Å². The highest BCUT2D eigenvalue weighted by atomic mass is 16.5. The summed E-state index contributed by atoms with van der Waals surface area (Å²) >= 11 is 0. The van der Waals surface area contributed by atoms with Crippen LogP contribution in [0.1, 0.15) is 0 Å². The van der Waals surface area contributed by atoms with Crippen LogP contribution in [0.4, 0.5) is 0 Å². The van der Waals surface area contributed by atoms with Crippen molar-refractivity contribution in [1.82, 2.24) is 0 Å². The largest absolute Gasteiger partial charge is 0.494 e. The van der Waals surface area contributed by atoms with Gasteiger partial charge in [-0.25, -0.2) is 0 Å². The van der Waals surface area contributed by atoms with Gasteiger partial charge in [0, 0.05) is 0 Å². The maximum atomic E-state index is 10.2. The molecule has 0 saturated heterocycles. The zero-order chi connectivity index (χ0) is 12.1. The molecule has 1 radical (unpaired) electrons. The van der Waals surface area contributed by atoms with E-state index in [2.05, 4.69) is 6.92 Å². The Balaban J connectivity index is 2.17. The molecule has 0 aliphatic rings. The molecule has 0 aliphatic heterocycles. The van der Waals surface area contributed by atoms with Crippen LogP contribution in [0.3, 0.4) is 0 Å². The van der Waals surface area contributed by atoms with E-state index in [0.29, 0.717) is 6.61 Å². The summed E-state index contributed by atoms with van der Waals surface area (Å²) in [5, 5.41) is 10.2. The molecular weight excluding hydrogens is 211 g/mol. The van der Waals surface area contributed by atoms with Gasteiger partial charge in [-0.2, -0.15) is 0 Å². The molecule has 1 N–H and O–H groups in total. The van der Waals surface area contributed by atoms with Crippen LogP contribution >= 0.6 is 0 Å². The number of ether oxygens (including phenoxy) is 1.